The summed E-state index contributed by atoms with van der Waals surface area (Å²) in [6.45, 7) is 8.53. The minimum atomic E-state index is 0.224. The zero-order valence-corrected chi connectivity index (χ0v) is 11.5. The second-order valence-corrected chi connectivity index (χ2v) is 6.04. The summed E-state index contributed by atoms with van der Waals surface area (Å²) in [6.07, 6.45) is 6.18. The van der Waals surface area contributed by atoms with Crippen molar-refractivity contribution in [2.45, 2.75) is 57.5 Å². The van der Waals surface area contributed by atoms with Crippen molar-refractivity contribution in [3.05, 3.63) is 0 Å². The molecule has 2 rings (SSSR count). The van der Waals surface area contributed by atoms with Crippen LogP contribution in [0, 0.1) is 5.92 Å². The van der Waals surface area contributed by atoms with Crippen LogP contribution < -0.4 is 5.73 Å². The van der Waals surface area contributed by atoms with Gasteiger partial charge in [-0.3, -0.25) is 4.90 Å². The topological polar surface area (TPSA) is 38.5 Å². The summed E-state index contributed by atoms with van der Waals surface area (Å²) in [7, 11) is 0. The van der Waals surface area contributed by atoms with Gasteiger partial charge in [-0.05, 0) is 44.6 Å². The Morgan fingerprint density at radius 2 is 2.12 bits per heavy atom. The number of rotatable bonds is 3. The van der Waals surface area contributed by atoms with E-state index in [1.807, 2.05) is 0 Å². The monoisotopic (exact) mass is 240 g/mol. The van der Waals surface area contributed by atoms with E-state index in [0.29, 0.717) is 0 Å². The lowest BCUT2D eigenvalue weighted by molar-refractivity contribution is 0.0403. The van der Waals surface area contributed by atoms with E-state index in [-0.39, 0.29) is 5.54 Å². The van der Waals surface area contributed by atoms with Crippen LogP contribution in [-0.2, 0) is 4.74 Å². The van der Waals surface area contributed by atoms with Gasteiger partial charge in [-0.2, -0.15) is 0 Å². The van der Waals surface area contributed by atoms with E-state index in [1.54, 1.807) is 0 Å². The molecule has 17 heavy (non-hydrogen) atoms. The Morgan fingerprint density at radius 3 is 2.82 bits per heavy atom. The molecule has 100 valence electrons. The van der Waals surface area contributed by atoms with Crippen molar-refractivity contribution in [3.8, 4) is 0 Å². The first-order valence-electron chi connectivity index (χ1n) is 7.24. The van der Waals surface area contributed by atoms with Crippen molar-refractivity contribution >= 4 is 0 Å². The van der Waals surface area contributed by atoms with Crippen LogP contribution in [0.15, 0.2) is 0 Å². The Kier molecular flexibility index (Phi) is 4.45. The third-order valence-electron chi connectivity index (χ3n) is 4.70. The molecule has 2 saturated heterocycles. The summed E-state index contributed by atoms with van der Waals surface area (Å²) in [5, 5.41) is 0. The van der Waals surface area contributed by atoms with E-state index in [0.717, 1.165) is 38.1 Å². The summed E-state index contributed by atoms with van der Waals surface area (Å²) in [5.74, 6) is 0.741. The second kappa shape index (κ2) is 5.68. The molecule has 0 aromatic rings. The first-order valence-corrected chi connectivity index (χ1v) is 7.24. The fourth-order valence-electron chi connectivity index (χ4n) is 3.68. The molecular formula is C14H28N2O. The predicted octanol–water partition coefficient (Wildman–Crippen LogP) is 2.00. The smallest absolute Gasteiger partial charge is 0.0484 e. The molecule has 2 unspecified atom stereocenters. The lowest BCUT2D eigenvalue weighted by Crippen LogP contribution is -2.57. The van der Waals surface area contributed by atoms with Crippen molar-refractivity contribution < 1.29 is 4.74 Å². The van der Waals surface area contributed by atoms with E-state index < -0.39 is 0 Å². The summed E-state index contributed by atoms with van der Waals surface area (Å²) in [5.41, 5.74) is 6.38. The van der Waals surface area contributed by atoms with Gasteiger partial charge in [0.25, 0.3) is 0 Å². The Hall–Kier alpha value is -0.120. The van der Waals surface area contributed by atoms with E-state index in [2.05, 4.69) is 18.7 Å². The molecule has 2 atom stereocenters. The van der Waals surface area contributed by atoms with Crippen molar-refractivity contribution in [3.63, 3.8) is 0 Å². The van der Waals surface area contributed by atoms with E-state index in [9.17, 15) is 0 Å². The molecule has 2 aliphatic heterocycles. The molecule has 0 saturated carbocycles. The predicted molar refractivity (Wildman–Crippen MR) is 71.0 cm³/mol. The second-order valence-electron chi connectivity index (χ2n) is 6.04. The van der Waals surface area contributed by atoms with E-state index in [1.165, 1.54) is 32.2 Å². The van der Waals surface area contributed by atoms with Crippen molar-refractivity contribution in [1.29, 1.82) is 0 Å². The van der Waals surface area contributed by atoms with Crippen molar-refractivity contribution in [1.82, 2.24) is 4.90 Å². The van der Waals surface area contributed by atoms with Crippen LogP contribution in [0.2, 0.25) is 0 Å². The number of hydrogen-bond donors (Lipinski definition) is 1. The van der Waals surface area contributed by atoms with Crippen LogP contribution in [0.1, 0.15) is 46.0 Å². The van der Waals surface area contributed by atoms with Gasteiger partial charge < -0.3 is 10.5 Å². The Balaban J connectivity index is 2.14. The average molecular weight is 240 g/mol. The van der Waals surface area contributed by atoms with E-state index in [4.69, 9.17) is 10.5 Å². The zero-order valence-electron chi connectivity index (χ0n) is 11.5. The minimum absolute atomic E-state index is 0.224. The van der Waals surface area contributed by atoms with Gasteiger partial charge in [0.05, 0.1) is 0 Å². The molecule has 2 fully saturated rings. The standard InChI is InChI=1S/C14H28N2O/c1-12(2)13-5-3-8-16(13)14(11-15)6-4-9-17-10-7-14/h12-13H,3-11,15H2,1-2H3. The molecule has 0 aromatic heterocycles. The van der Waals surface area contributed by atoms with E-state index >= 15 is 0 Å². The van der Waals surface area contributed by atoms with Crippen LogP contribution in [0.25, 0.3) is 0 Å². The maximum absolute atomic E-state index is 6.15. The fourth-order valence-corrected chi connectivity index (χ4v) is 3.68. The average Bonchev–Trinajstić information content (AvgIpc) is 2.69. The van der Waals surface area contributed by atoms with Crippen LogP contribution in [-0.4, -0.2) is 42.8 Å². The molecule has 3 heteroatoms. The van der Waals surface area contributed by atoms with Gasteiger partial charge in [0, 0.05) is 31.3 Å². The number of nitrogens with zero attached hydrogens (tertiary/aromatic N) is 1. The SMILES string of the molecule is CC(C)C1CCCN1C1(CN)CCCOCC1. The third-order valence-corrected chi connectivity index (χ3v) is 4.70. The van der Waals surface area contributed by atoms with Gasteiger partial charge in [0.1, 0.15) is 0 Å². The molecule has 0 spiro atoms. The lowest BCUT2D eigenvalue weighted by Gasteiger charge is -2.45. The van der Waals surface area contributed by atoms with Gasteiger partial charge in [-0.25, -0.2) is 0 Å². The van der Waals surface area contributed by atoms with Gasteiger partial charge in [0.15, 0.2) is 0 Å². The zero-order chi connectivity index (χ0) is 12.3. The quantitative estimate of drug-likeness (QED) is 0.820. The molecule has 0 bridgehead atoms. The number of likely N-dealkylation sites (tertiary alicyclic amines) is 1. The van der Waals surface area contributed by atoms with Crippen LogP contribution in [0.4, 0.5) is 0 Å². The summed E-state index contributed by atoms with van der Waals surface area (Å²) in [6, 6.07) is 0.733. The van der Waals surface area contributed by atoms with Gasteiger partial charge in [-0.1, -0.05) is 13.8 Å². The lowest BCUT2D eigenvalue weighted by atomic mass is 9.86. The highest BCUT2D eigenvalue weighted by molar-refractivity contribution is 4.99. The number of nitrogens with two attached hydrogens (primary N) is 1. The Bertz CT molecular complexity index is 234. The minimum Gasteiger partial charge on any atom is -0.381 e. The molecule has 0 amide bonds. The van der Waals surface area contributed by atoms with Crippen LogP contribution in [0.5, 0.6) is 0 Å². The molecule has 0 aliphatic carbocycles. The first-order chi connectivity index (χ1) is 8.19. The maximum atomic E-state index is 6.15. The Labute approximate surface area is 106 Å². The molecule has 2 N–H and O–H groups in total. The van der Waals surface area contributed by atoms with Crippen molar-refractivity contribution in [2.75, 3.05) is 26.3 Å². The van der Waals surface area contributed by atoms with Crippen molar-refractivity contribution in [2.24, 2.45) is 11.7 Å². The summed E-state index contributed by atoms with van der Waals surface area (Å²) < 4.78 is 5.62. The Morgan fingerprint density at radius 1 is 1.29 bits per heavy atom. The molecule has 3 nitrogen and oxygen atoms in total. The third kappa shape index (κ3) is 2.67. The number of hydrogen-bond acceptors (Lipinski definition) is 3. The van der Waals surface area contributed by atoms with Gasteiger partial charge >= 0.3 is 0 Å². The van der Waals surface area contributed by atoms with Gasteiger partial charge in [0.2, 0.25) is 0 Å². The fraction of sp³-hybridized carbons (Fsp3) is 1.00. The number of ether oxygens (including phenoxy) is 1. The highest BCUT2D eigenvalue weighted by Gasteiger charge is 2.42. The van der Waals surface area contributed by atoms with Crippen LogP contribution in [0.3, 0.4) is 0 Å². The van der Waals surface area contributed by atoms with Gasteiger partial charge in [-0.15, -0.1) is 0 Å². The molecule has 2 heterocycles. The first kappa shape index (κ1) is 13.3. The highest BCUT2D eigenvalue weighted by Crippen LogP contribution is 2.36. The molecule has 2 aliphatic rings. The normalized spacial score (nSPS) is 36.4. The highest BCUT2D eigenvalue weighted by atomic mass is 16.5. The largest absolute Gasteiger partial charge is 0.381 e. The molecule has 0 radical (unpaired) electrons. The summed E-state index contributed by atoms with van der Waals surface area (Å²) >= 11 is 0. The maximum Gasteiger partial charge on any atom is 0.0484 e. The summed E-state index contributed by atoms with van der Waals surface area (Å²) in [4.78, 5) is 2.73. The molecular weight excluding hydrogens is 212 g/mol. The molecule has 0 aromatic carbocycles. The van der Waals surface area contributed by atoms with Crippen LogP contribution >= 0.6 is 0 Å².